The molecule has 2 rings (SSSR count). The van der Waals surface area contributed by atoms with Crippen LogP contribution in [0.2, 0.25) is 0 Å². The van der Waals surface area contributed by atoms with Crippen molar-refractivity contribution in [2.75, 3.05) is 13.2 Å². The van der Waals surface area contributed by atoms with Crippen LogP contribution in [-0.2, 0) is 16.1 Å². The van der Waals surface area contributed by atoms with E-state index in [1.807, 2.05) is 0 Å². The fourth-order valence-corrected chi connectivity index (χ4v) is 1.61. The van der Waals surface area contributed by atoms with Gasteiger partial charge in [-0.2, -0.15) is 5.10 Å². The lowest BCUT2D eigenvalue weighted by atomic mass is 10.0. The lowest BCUT2D eigenvalue weighted by Gasteiger charge is -2.05. The van der Waals surface area contributed by atoms with Gasteiger partial charge in [-0.25, -0.2) is 0 Å². The Kier molecular flexibility index (Phi) is 2.95. The molecule has 16 heavy (non-hydrogen) atoms. The Morgan fingerprint density at radius 1 is 1.75 bits per heavy atom. The third kappa shape index (κ3) is 2.25. The normalized spacial score (nSPS) is 19.9. The van der Waals surface area contributed by atoms with E-state index in [4.69, 9.17) is 4.74 Å². The second-order valence-electron chi connectivity index (χ2n) is 3.68. The van der Waals surface area contributed by atoms with Gasteiger partial charge in [-0.3, -0.25) is 19.6 Å². The summed E-state index contributed by atoms with van der Waals surface area (Å²) in [5.74, 6) is -0.0845. The molecule has 0 amide bonds. The van der Waals surface area contributed by atoms with Gasteiger partial charge in [-0.1, -0.05) is 0 Å². The molecule has 0 saturated carbocycles. The second kappa shape index (κ2) is 4.40. The highest BCUT2D eigenvalue weighted by Crippen LogP contribution is 2.15. The molecule has 1 atom stereocenters. The van der Waals surface area contributed by atoms with Crippen molar-refractivity contribution in [3.8, 4) is 0 Å². The van der Waals surface area contributed by atoms with Crippen molar-refractivity contribution in [2.24, 2.45) is 5.92 Å². The zero-order chi connectivity index (χ0) is 11.5. The smallest absolute Gasteiger partial charge is 0.307 e. The van der Waals surface area contributed by atoms with E-state index in [-0.39, 0.29) is 23.9 Å². The molecule has 0 bridgehead atoms. The number of carbonyl (C=O) groups excluding carboxylic acids is 1. The summed E-state index contributed by atoms with van der Waals surface area (Å²) in [5.41, 5.74) is -0.101. The van der Waals surface area contributed by atoms with Crippen molar-refractivity contribution < 1.29 is 14.5 Å². The molecular weight excluding hydrogens is 214 g/mol. The van der Waals surface area contributed by atoms with Crippen molar-refractivity contribution in [3.63, 3.8) is 0 Å². The number of ether oxygens (including phenoxy) is 1. The van der Waals surface area contributed by atoms with Crippen LogP contribution in [0.4, 0.5) is 5.69 Å². The second-order valence-corrected chi connectivity index (χ2v) is 3.68. The van der Waals surface area contributed by atoms with E-state index in [2.05, 4.69) is 5.10 Å². The van der Waals surface area contributed by atoms with Gasteiger partial charge in [-0.15, -0.1) is 0 Å². The standard InChI is InChI=1S/C9H11N3O4/c13-9(7-1-2-16-6-7)5-11-4-8(3-10-11)12(14)15/h3-4,7H,1-2,5-6H2. The predicted molar refractivity (Wildman–Crippen MR) is 52.8 cm³/mol. The quantitative estimate of drug-likeness (QED) is 0.546. The fourth-order valence-electron chi connectivity index (χ4n) is 1.61. The zero-order valence-corrected chi connectivity index (χ0v) is 8.54. The van der Waals surface area contributed by atoms with E-state index in [0.29, 0.717) is 13.2 Å². The summed E-state index contributed by atoms with van der Waals surface area (Å²) in [6.45, 7) is 1.12. The van der Waals surface area contributed by atoms with Crippen LogP contribution in [0.3, 0.4) is 0 Å². The number of nitrogens with zero attached hydrogens (tertiary/aromatic N) is 3. The van der Waals surface area contributed by atoms with Gasteiger partial charge in [0.1, 0.15) is 18.9 Å². The Hall–Kier alpha value is -1.76. The van der Waals surface area contributed by atoms with E-state index in [1.54, 1.807) is 0 Å². The van der Waals surface area contributed by atoms with Crippen LogP contribution in [0, 0.1) is 16.0 Å². The van der Waals surface area contributed by atoms with Crippen LogP contribution in [-0.4, -0.2) is 33.7 Å². The van der Waals surface area contributed by atoms with Gasteiger partial charge in [0.2, 0.25) is 0 Å². The maximum absolute atomic E-state index is 11.7. The molecule has 0 aliphatic carbocycles. The average molecular weight is 225 g/mol. The molecule has 2 heterocycles. The third-order valence-corrected chi connectivity index (χ3v) is 2.53. The van der Waals surface area contributed by atoms with Crippen molar-refractivity contribution in [3.05, 3.63) is 22.5 Å². The Bertz CT molecular complexity index is 409. The summed E-state index contributed by atoms with van der Waals surface area (Å²) in [4.78, 5) is 21.6. The molecular formula is C9H11N3O4. The van der Waals surface area contributed by atoms with Gasteiger partial charge >= 0.3 is 5.69 Å². The largest absolute Gasteiger partial charge is 0.381 e. The highest BCUT2D eigenvalue weighted by Gasteiger charge is 2.24. The zero-order valence-electron chi connectivity index (χ0n) is 8.54. The number of Topliss-reactive ketones (excluding diaryl/α,β-unsaturated/α-hetero) is 1. The van der Waals surface area contributed by atoms with Gasteiger partial charge < -0.3 is 4.74 Å². The highest BCUT2D eigenvalue weighted by molar-refractivity contribution is 5.81. The van der Waals surface area contributed by atoms with Gasteiger partial charge in [0.05, 0.1) is 11.5 Å². The molecule has 0 N–H and O–H groups in total. The van der Waals surface area contributed by atoms with Crippen LogP contribution in [0.15, 0.2) is 12.4 Å². The number of nitro groups is 1. The molecule has 1 aliphatic rings. The van der Waals surface area contributed by atoms with E-state index in [1.165, 1.54) is 10.9 Å². The summed E-state index contributed by atoms with van der Waals surface area (Å²) in [6.07, 6.45) is 3.12. The minimum absolute atomic E-state index is 0.00972. The monoisotopic (exact) mass is 225 g/mol. The number of hydrogen-bond acceptors (Lipinski definition) is 5. The topological polar surface area (TPSA) is 87.3 Å². The first-order valence-electron chi connectivity index (χ1n) is 4.94. The summed E-state index contributed by atoms with van der Waals surface area (Å²) < 4.78 is 6.39. The predicted octanol–water partition coefficient (Wildman–Crippen LogP) is 0.397. The molecule has 1 aliphatic heterocycles. The number of hydrogen-bond donors (Lipinski definition) is 0. The first-order valence-corrected chi connectivity index (χ1v) is 4.94. The fraction of sp³-hybridized carbons (Fsp3) is 0.556. The number of ketones is 1. The lowest BCUT2D eigenvalue weighted by Crippen LogP contribution is -2.20. The summed E-state index contributed by atoms with van der Waals surface area (Å²) in [6, 6.07) is 0. The molecule has 1 unspecified atom stereocenters. The minimum Gasteiger partial charge on any atom is -0.381 e. The molecule has 86 valence electrons. The maximum atomic E-state index is 11.7. The van der Waals surface area contributed by atoms with Crippen molar-refractivity contribution in [1.29, 1.82) is 0 Å². The van der Waals surface area contributed by atoms with Gasteiger partial charge in [-0.05, 0) is 6.42 Å². The molecule has 7 heteroatoms. The molecule has 0 radical (unpaired) electrons. The maximum Gasteiger partial charge on any atom is 0.307 e. The van der Waals surface area contributed by atoms with E-state index >= 15 is 0 Å². The molecule has 0 spiro atoms. The van der Waals surface area contributed by atoms with Gasteiger partial charge in [0.25, 0.3) is 0 Å². The molecule has 1 saturated heterocycles. The summed E-state index contributed by atoms with van der Waals surface area (Å²) >= 11 is 0. The Morgan fingerprint density at radius 2 is 2.56 bits per heavy atom. The van der Waals surface area contributed by atoms with Gasteiger partial charge in [0, 0.05) is 12.5 Å². The molecule has 7 nitrogen and oxygen atoms in total. The molecule has 1 aromatic heterocycles. The van der Waals surface area contributed by atoms with E-state index < -0.39 is 4.92 Å². The average Bonchev–Trinajstić information content (AvgIpc) is 2.87. The number of carbonyl (C=O) groups is 1. The van der Waals surface area contributed by atoms with Crippen LogP contribution in [0.1, 0.15) is 6.42 Å². The minimum atomic E-state index is -0.535. The molecule has 1 aromatic rings. The van der Waals surface area contributed by atoms with Crippen LogP contribution >= 0.6 is 0 Å². The molecule has 0 aromatic carbocycles. The number of rotatable bonds is 4. The first-order chi connectivity index (χ1) is 7.66. The van der Waals surface area contributed by atoms with Crippen molar-refractivity contribution in [2.45, 2.75) is 13.0 Å². The van der Waals surface area contributed by atoms with Crippen LogP contribution in [0.25, 0.3) is 0 Å². The Morgan fingerprint density at radius 3 is 3.12 bits per heavy atom. The summed E-state index contributed by atoms with van der Waals surface area (Å²) in [5, 5.41) is 14.2. The lowest BCUT2D eigenvalue weighted by molar-refractivity contribution is -0.385. The first kappa shape index (κ1) is 10.7. The number of aromatic nitrogens is 2. The van der Waals surface area contributed by atoms with E-state index in [0.717, 1.165) is 12.6 Å². The Labute approximate surface area is 91.2 Å². The third-order valence-electron chi connectivity index (χ3n) is 2.53. The molecule has 1 fully saturated rings. The van der Waals surface area contributed by atoms with Crippen molar-refractivity contribution in [1.82, 2.24) is 9.78 Å². The Balaban J connectivity index is 1.97. The van der Waals surface area contributed by atoms with Gasteiger partial charge in [0.15, 0.2) is 5.78 Å². The summed E-state index contributed by atoms with van der Waals surface area (Å²) in [7, 11) is 0. The SMILES string of the molecule is O=C(Cn1cc([N+](=O)[O-])cn1)C1CCOC1. The van der Waals surface area contributed by atoms with Crippen LogP contribution in [0.5, 0.6) is 0 Å². The van der Waals surface area contributed by atoms with Crippen LogP contribution < -0.4 is 0 Å². The highest BCUT2D eigenvalue weighted by atomic mass is 16.6. The van der Waals surface area contributed by atoms with Crippen molar-refractivity contribution >= 4 is 11.5 Å². The van der Waals surface area contributed by atoms with E-state index in [9.17, 15) is 14.9 Å².